The number of benzene rings is 1. The topological polar surface area (TPSA) is 91.4 Å². The number of rotatable bonds is 5. The molecule has 4 rings (SSSR count). The van der Waals surface area contributed by atoms with Crippen molar-refractivity contribution in [3.63, 3.8) is 0 Å². The molecule has 2 fully saturated rings. The Bertz CT molecular complexity index is 967. The summed E-state index contributed by atoms with van der Waals surface area (Å²) in [6.45, 7) is 1.82. The Morgan fingerprint density at radius 1 is 1.30 bits per heavy atom. The van der Waals surface area contributed by atoms with E-state index in [0.29, 0.717) is 34.6 Å². The van der Waals surface area contributed by atoms with Crippen LogP contribution in [0.3, 0.4) is 0 Å². The molecule has 1 saturated heterocycles. The SMILES string of the molecule is CCC1CCC2(CC1)NC(=O)N(CC(=O)Nc1nc(-c3ccc(Cl)cc3)cs1)C2=O. The molecule has 1 spiro atoms. The molecule has 30 heavy (non-hydrogen) atoms. The van der Waals surface area contributed by atoms with E-state index in [2.05, 4.69) is 22.5 Å². The monoisotopic (exact) mass is 446 g/mol. The van der Waals surface area contributed by atoms with Gasteiger partial charge in [-0.2, -0.15) is 0 Å². The van der Waals surface area contributed by atoms with Crippen LogP contribution in [0.2, 0.25) is 5.02 Å². The molecule has 1 aliphatic heterocycles. The van der Waals surface area contributed by atoms with E-state index in [1.54, 1.807) is 12.1 Å². The lowest BCUT2D eigenvalue weighted by Crippen LogP contribution is -2.49. The van der Waals surface area contributed by atoms with Crippen molar-refractivity contribution < 1.29 is 14.4 Å². The molecular formula is C21H23ClN4O3S. The predicted molar refractivity (Wildman–Crippen MR) is 116 cm³/mol. The first-order valence-electron chi connectivity index (χ1n) is 10.1. The molecular weight excluding hydrogens is 424 g/mol. The Morgan fingerprint density at radius 3 is 2.67 bits per heavy atom. The quantitative estimate of drug-likeness (QED) is 0.670. The Labute approximate surface area is 183 Å². The third-order valence-electron chi connectivity index (χ3n) is 5.97. The summed E-state index contributed by atoms with van der Waals surface area (Å²) in [5.41, 5.74) is 0.759. The molecule has 2 aliphatic rings. The van der Waals surface area contributed by atoms with Crippen molar-refractivity contribution >= 4 is 45.9 Å². The van der Waals surface area contributed by atoms with Gasteiger partial charge in [-0.15, -0.1) is 11.3 Å². The number of thiazole rings is 1. The van der Waals surface area contributed by atoms with Gasteiger partial charge < -0.3 is 10.6 Å². The molecule has 1 saturated carbocycles. The first-order chi connectivity index (χ1) is 14.4. The Hall–Kier alpha value is -2.45. The maximum absolute atomic E-state index is 12.9. The maximum Gasteiger partial charge on any atom is 0.325 e. The molecule has 158 valence electrons. The minimum absolute atomic E-state index is 0.293. The number of hydrogen-bond donors (Lipinski definition) is 2. The largest absolute Gasteiger partial charge is 0.325 e. The highest BCUT2D eigenvalue weighted by Gasteiger charge is 2.52. The summed E-state index contributed by atoms with van der Waals surface area (Å²) < 4.78 is 0. The van der Waals surface area contributed by atoms with Crippen LogP contribution in [0.25, 0.3) is 11.3 Å². The minimum atomic E-state index is -0.841. The molecule has 1 aromatic carbocycles. The van der Waals surface area contributed by atoms with Gasteiger partial charge in [-0.05, 0) is 43.7 Å². The number of aromatic nitrogens is 1. The second kappa shape index (κ2) is 8.35. The molecule has 2 heterocycles. The zero-order valence-electron chi connectivity index (χ0n) is 16.6. The number of amides is 4. The first-order valence-corrected chi connectivity index (χ1v) is 11.3. The van der Waals surface area contributed by atoms with Gasteiger partial charge in [0.2, 0.25) is 5.91 Å². The smallest absolute Gasteiger partial charge is 0.323 e. The van der Waals surface area contributed by atoms with Crippen LogP contribution in [0.15, 0.2) is 29.6 Å². The van der Waals surface area contributed by atoms with Crippen LogP contribution in [0.5, 0.6) is 0 Å². The molecule has 1 aromatic heterocycles. The zero-order valence-corrected chi connectivity index (χ0v) is 18.2. The number of carbonyl (C=O) groups excluding carboxylic acids is 3. The fourth-order valence-electron chi connectivity index (χ4n) is 4.12. The molecule has 2 aromatic rings. The number of hydrogen-bond acceptors (Lipinski definition) is 5. The first kappa shape index (κ1) is 20.8. The summed E-state index contributed by atoms with van der Waals surface area (Å²) in [6, 6.07) is 6.75. The van der Waals surface area contributed by atoms with Crippen molar-refractivity contribution in [2.75, 3.05) is 11.9 Å². The van der Waals surface area contributed by atoms with Gasteiger partial charge >= 0.3 is 6.03 Å². The van der Waals surface area contributed by atoms with Crippen LogP contribution in [0.4, 0.5) is 9.93 Å². The molecule has 0 atom stereocenters. The van der Waals surface area contributed by atoms with Crippen LogP contribution in [-0.4, -0.2) is 39.8 Å². The fourth-order valence-corrected chi connectivity index (χ4v) is 4.99. The van der Waals surface area contributed by atoms with Crippen molar-refractivity contribution in [3.8, 4) is 11.3 Å². The third kappa shape index (κ3) is 4.06. The van der Waals surface area contributed by atoms with Crippen LogP contribution in [0, 0.1) is 5.92 Å². The number of halogens is 1. The molecule has 7 nitrogen and oxygen atoms in total. The number of imide groups is 1. The average molecular weight is 447 g/mol. The number of urea groups is 1. The standard InChI is InChI=1S/C21H23ClN4O3S/c1-2-13-7-9-21(10-8-13)18(28)26(20(29)25-21)11-17(27)24-19-23-16(12-30-19)14-3-5-15(22)6-4-14/h3-6,12-13H,2,7-11H2,1H3,(H,25,29)(H,23,24,27). The van der Waals surface area contributed by atoms with E-state index < -0.39 is 17.5 Å². The van der Waals surface area contributed by atoms with Crippen molar-refractivity contribution in [1.82, 2.24) is 15.2 Å². The van der Waals surface area contributed by atoms with E-state index in [4.69, 9.17) is 11.6 Å². The van der Waals surface area contributed by atoms with E-state index in [0.717, 1.165) is 29.7 Å². The molecule has 1 aliphatic carbocycles. The van der Waals surface area contributed by atoms with Crippen LogP contribution in [0.1, 0.15) is 39.0 Å². The third-order valence-corrected chi connectivity index (χ3v) is 6.98. The fraction of sp³-hybridized carbons (Fsp3) is 0.429. The van der Waals surface area contributed by atoms with Gasteiger partial charge in [-0.1, -0.05) is 37.1 Å². The Morgan fingerprint density at radius 2 is 2.00 bits per heavy atom. The van der Waals surface area contributed by atoms with Gasteiger partial charge in [0, 0.05) is 16.0 Å². The molecule has 9 heteroatoms. The number of nitrogens with zero attached hydrogens (tertiary/aromatic N) is 2. The summed E-state index contributed by atoms with van der Waals surface area (Å²) in [5, 5.41) is 8.41. The second-order valence-corrected chi connectivity index (χ2v) is 9.14. The van der Waals surface area contributed by atoms with Gasteiger partial charge in [0.25, 0.3) is 5.91 Å². The van der Waals surface area contributed by atoms with E-state index in [1.807, 2.05) is 17.5 Å². The summed E-state index contributed by atoms with van der Waals surface area (Å²) >= 11 is 7.19. The van der Waals surface area contributed by atoms with Crippen molar-refractivity contribution in [2.24, 2.45) is 5.92 Å². The van der Waals surface area contributed by atoms with Gasteiger partial charge in [-0.25, -0.2) is 9.78 Å². The van der Waals surface area contributed by atoms with Crippen LogP contribution < -0.4 is 10.6 Å². The van der Waals surface area contributed by atoms with Crippen LogP contribution >= 0.6 is 22.9 Å². The molecule has 0 bridgehead atoms. The van der Waals surface area contributed by atoms with Gasteiger partial charge in [0.1, 0.15) is 12.1 Å². The highest BCUT2D eigenvalue weighted by Crippen LogP contribution is 2.37. The zero-order chi connectivity index (χ0) is 21.3. The second-order valence-electron chi connectivity index (χ2n) is 7.85. The lowest BCUT2D eigenvalue weighted by molar-refractivity contribution is -0.135. The van der Waals surface area contributed by atoms with E-state index >= 15 is 0 Å². The number of nitrogens with one attached hydrogen (secondary N) is 2. The van der Waals surface area contributed by atoms with E-state index in [9.17, 15) is 14.4 Å². The van der Waals surface area contributed by atoms with Crippen molar-refractivity contribution in [1.29, 1.82) is 0 Å². The Balaban J connectivity index is 1.38. The van der Waals surface area contributed by atoms with Crippen molar-refractivity contribution in [3.05, 3.63) is 34.7 Å². The predicted octanol–water partition coefficient (Wildman–Crippen LogP) is 4.29. The maximum atomic E-state index is 12.9. The molecule has 0 radical (unpaired) electrons. The van der Waals surface area contributed by atoms with Gasteiger partial charge in [-0.3, -0.25) is 14.5 Å². The summed E-state index contributed by atoms with van der Waals surface area (Å²) in [5.74, 6) is -0.148. The lowest BCUT2D eigenvalue weighted by Gasteiger charge is -2.34. The van der Waals surface area contributed by atoms with Gasteiger partial charge in [0.05, 0.1) is 5.69 Å². The normalized spacial score (nSPS) is 23.7. The highest BCUT2D eigenvalue weighted by molar-refractivity contribution is 7.14. The summed E-state index contributed by atoms with van der Waals surface area (Å²) in [6.07, 6.45) is 4.16. The van der Waals surface area contributed by atoms with E-state index in [1.165, 1.54) is 11.3 Å². The van der Waals surface area contributed by atoms with Gasteiger partial charge in [0.15, 0.2) is 5.13 Å². The van der Waals surface area contributed by atoms with E-state index in [-0.39, 0.29) is 12.5 Å². The molecule has 4 amide bonds. The lowest BCUT2D eigenvalue weighted by atomic mass is 9.75. The molecule has 0 unspecified atom stereocenters. The minimum Gasteiger partial charge on any atom is -0.323 e. The number of carbonyl (C=O) groups is 3. The molecule has 2 N–H and O–H groups in total. The average Bonchev–Trinajstić information content (AvgIpc) is 3.28. The summed E-state index contributed by atoms with van der Waals surface area (Å²) in [7, 11) is 0. The van der Waals surface area contributed by atoms with Crippen molar-refractivity contribution in [2.45, 2.75) is 44.6 Å². The highest BCUT2D eigenvalue weighted by atomic mass is 35.5. The number of anilines is 1. The Kier molecular flexibility index (Phi) is 5.79. The summed E-state index contributed by atoms with van der Waals surface area (Å²) in [4.78, 5) is 43.2. The van der Waals surface area contributed by atoms with Crippen LogP contribution in [-0.2, 0) is 9.59 Å².